The fourth-order valence-corrected chi connectivity index (χ4v) is 3.65. The molecule has 2 heterocycles. The van der Waals surface area contributed by atoms with Crippen molar-refractivity contribution in [2.75, 3.05) is 6.61 Å². The molecule has 1 aliphatic carbocycles. The standard InChI is InChI=1S/C21H21ClFN3O2/c1-21(28,14-3-4-14)6-5-13-9-15-17(16-11-24-25-20(16)22)12-26(7-2-8-27)19(15)10-18(13)23/h9-12,14,27-28H,2-4,7-8H2,1H3,(H,24,25). The van der Waals surface area contributed by atoms with Crippen LogP contribution < -0.4 is 0 Å². The Kier molecular flexibility index (Phi) is 4.92. The first-order valence-corrected chi connectivity index (χ1v) is 9.66. The van der Waals surface area contributed by atoms with Crippen molar-refractivity contribution in [1.82, 2.24) is 14.8 Å². The molecule has 3 aromatic rings. The maximum absolute atomic E-state index is 14.8. The van der Waals surface area contributed by atoms with Crippen LogP contribution in [-0.4, -0.2) is 37.2 Å². The van der Waals surface area contributed by atoms with E-state index >= 15 is 0 Å². The number of aliphatic hydroxyl groups is 2. The van der Waals surface area contributed by atoms with E-state index in [2.05, 4.69) is 22.0 Å². The molecule has 0 aliphatic heterocycles. The number of benzene rings is 1. The maximum atomic E-state index is 14.8. The Morgan fingerprint density at radius 2 is 2.18 bits per heavy atom. The number of hydrogen-bond acceptors (Lipinski definition) is 3. The van der Waals surface area contributed by atoms with Crippen molar-refractivity contribution in [1.29, 1.82) is 0 Å². The van der Waals surface area contributed by atoms with Gasteiger partial charge in [0, 0.05) is 35.9 Å². The molecule has 1 aromatic carbocycles. The van der Waals surface area contributed by atoms with Crippen molar-refractivity contribution >= 4 is 22.5 Å². The number of halogens is 2. The summed E-state index contributed by atoms with van der Waals surface area (Å²) in [5.74, 6) is 5.37. The summed E-state index contributed by atoms with van der Waals surface area (Å²) in [4.78, 5) is 0. The van der Waals surface area contributed by atoms with Gasteiger partial charge in [0.2, 0.25) is 0 Å². The summed E-state index contributed by atoms with van der Waals surface area (Å²) >= 11 is 6.22. The van der Waals surface area contributed by atoms with Gasteiger partial charge in [0.05, 0.1) is 17.3 Å². The SMILES string of the molecule is CC(O)(C#Cc1cc2c(-c3cn[nH]c3Cl)cn(CCCO)c2cc1F)C1CC1. The number of nitrogens with one attached hydrogen (secondary N) is 1. The molecule has 146 valence electrons. The Hall–Kier alpha value is -2.33. The minimum atomic E-state index is -1.11. The number of hydrogen-bond donors (Lipinski definition) is 3. The van der Waals surface area contributed by atoms with Gasteiger partial charge in [-0.2, -0.15) is 5.10 Å². The van der Waals surface area contributed by atoms with Gasteiger partial charge in [0.15, 0.2) is 0 Å². The number of fused-ring (bicyclic) bond motifs is 1. The van der Waals surface area contributed by atoms with Crippen LogP contribution in [0.25, 0.3) is 22.0 Å². The van der Waals surface area contributed by atoms with Crippen molar-refractivity contribution in [3.8, 4) is 23.0 Å². The Bertz CT molecular complexity index is 1090. The van der Waals surface area contributed by atoms with E-state index in [0.717, 1.165) is 23.8 Å². The van der Waals surface area contributed by atoms with Crippen LogP contribution in [0.1, 0.15) is 31.7 Å². The molecule has 0 bridgehead atoms. The second-order valence-electron chi connectivity index (χ2n) is 7.43. The fourth-order valence-electron chi connectivity index (χ4n) is 3.45. The predicted octanol–water partition coefficient (Wildman–Crippen LogP) is 3.72. The van der Waals surface area contributed by atoms with Crippen LogP contribution in [0.4, 0.5) is 4.39 Å². The predicted molar refractivity (Wildman–Crippen MR) is 106 cm³/mol. The molecule has 1 fully saturated rings. The molecule has 2 aromatic heterocycles. The maximum Gasteiger partial charge on any atom is 0.140 e. The zero-order valence-electron chi connectivity index (χ0n) is 15.5. The summed E-state index contributed by atoms with van der Waals surface area (Å²) in [7, 11) is 0. The highest BCUT2D eigenvalue weighted by atomic mass is 35.5. The van der Waals surface area contributed by atoms with E-state index in [4.69, 9.17) is 16.7 Å². The lowest BCUT2D eigenvalue weighted by Crippen LogP contribution is -2.24. The van der Waals surface area contributed by atoms with Gasteiger partial charge in [-0.1, -0.05) is 23.4 Å². The summed E-state index contributed by atoms with van der Waals surface area (Å²) < 4.78 is 16.6. The molecule has 4 rings (SSSR count). The van der Waals surface area contributed by atoms with E-state index in [0.29, 0.717) is 29.2 Å². The molecule has 1 aliphatic rings. The number of aromatic amines is 1. The minimum Gasteiger partial charge on any atom is -0.396 e. The topological polar surface area (TPSA) is 74.1 Å². The largest absolute Gasteiger partial charge is 0.396 e. The second-order valence-corrected chi connectivity index (χ2v) is 7.81. The van der Waals surface area contributed by atoms with E-state index in [9.17, 15) is 9.50 Å². The molecule has 0 spiro atoms. The summed E-state index contributed by atoms with van der Waals surface area (Å²) in [5, 5.41) is 27.4. The average molecular weight is 402 g/mol. The lowest BCUT2D eigenvalue weighted by Gasteiger charge is -2.14. The zero-order chi connectivity index (χ0) is 19.9. The van der Waals surface area contributed by atoms with E-state index in [-0.39, 0.29) is 18.1 Å². The summed E-state index contributed by atoms with van der Waals surface area (Å²) in [5.41, 5.74) is 1.34. The lowest BCUT2D eigenvalue weighted by atomic mass is 10.00. The quantitative estimate of drug-likeness (QED) is 0.570. The van der Waals surface area contributed by atoms with E-state index < -0.39 is 11.4 Å². The molecule has 1 atom stereocenters. The van der Waals surface area contributed by atoms with Gasteiger partial charge in [-0.25, -0.2) is 4.39 Å². The number of aliphatic hydroxyl groups excluding tert-OH is 1. The third kappa shape index (κ3) is 3.53. The monoisotopic (exact) mass is 401 g/mol. The van der Waals surface area contributed by atoms with Gasteiger partial charge in [0.1, 0.15) is 16.6 Å². The first-order chi connectivity index (χ1) is 13.4. The van der Waals surface area contributed by atoms with Gasteiger partial charge in [0.25, 0.3) is 0 Å². The van der Waals surface area contributed by atoms with Crippen molar-refractivity contribution in [2.45, 2.75) is 38.3 Å². The molecular weight excluding hydrogens is 381 g/mol. The van der Waals surface area contributed by atoms with Crippen LogP contribution in [0.5, 0.6) is 0 Å². The molecule has 0 radical (unpaired) electrons. The molecule has 3 N–H and O–H groups in total. The first kappa shape index (κ1) is 19.0. The molecular formula is C21H21ClFN3O2. The zero-order valence-corrected chi connectivity index (χ0v) is 16.2. The third-order valence-corrected chi connectivity index (χ3v) is 5.52. The van der Waals surface area contributed by atoms with Crippen LogP contribution in [0.3, 0.4) is 0 Å². The Morgan fingerprint density at radius 1 is 1.39 bits per heavy atom. The summed E-state index contributed by atoms with van der Waals surface area (Å²) in [6.07, 6.45) is 5.95. The van der Waals surface area contributed by atoms with Crippen LogP contribution in [0.2, 0.25) is 5.15 Å². The lowest BCUT2D eigenvalue weighted by molar-refractivity contribution is 0.0980. The average Bonchev–Trinajstić information content (AvgIpc) is 3.37. The van der Waals surface area contributed by atoms with E-state index in [1.54, 1.807) is 19.2 Å². The normalized spacial score (nSPS) is 16.0. The van der Waals surface area contributed by atoms with Gasteiger partial charge in [-0.05, 0) is 44.2 Å². The molecule has 5 nitrogen and oxygen atoms in total. The van der Waals surface area contributed by atoms with Crippen molar-refractivity contribution < 1.29 is 14.6 Å². The van der Waals surface area contributed by atoms with Crippen LogP contribution in [0, 0.1) is 23.6 Å². The van der Waals surface area contributed by atoms with Crippen molar-refractivity contribution in [2.24, 2.45) is 5.92 Å². The molecule has 1 saturated carbocycles. The van der Waals surface area contributed by atoms with Gasteiger partial charge in [-0.3, -0.25) is 5.10 Å². The highest BCUT2D eigenvalue weighted by molar-refractivity contribution is 6.32. The molecule has 0 amide bonds. The number of aromatic nitrogens is 3. The summed E-state index contributed by atoms with van der Waals surface area (Å²) in [6, 6.07) is 3.13. The Balaban J connectivity index is 1.84. The molecule has 28 heavy (non-hydrogen) atoms. The Labute approximate surface area is 167 Å². The van der Waals surface area contributed by atoms with Gasteiger partial charge in [-0.15, -0.1) is 0 Å². The van der Waals surface area contributed by atoms with E-state index in [1.165, 1.54) is 6.07 Å². The van der Waals surface area contributed by atoms with Gasteiger partial charge >= 0.3 is 0 Å². The smallest absolute Gasteiger partial charge is 0.140 e. The Morgan fingerprint density at radius 3 is 2.82 bits per heavy atom. The minimum absolute atomic E-state index is 0.0454. The number of H-pyrrole nitrogens is 1. The number of rotatable bonds is 5. The first-order valence-electron chi connectivity index (χ1n) is 9.28. The highest BCUT2D eigenvalue weighted by Crippen LogP contribution is 2.39. The van der Waals surface area contributed by atoms with Gasteiger partial charge < -0.3 is 14.8 Å². The number of nitrogens with zero attached hydrogens (tertiary/aromatic N) is 2. The third-order valence-electron chi connectivity index (χ3n) is 5.23. The van der Waals surface area contributed by atoms with Crippen LogP contribution >= 0.6 is 11.6 Å². The van der Waals surface area contributed by atoms with Crippen molar-refractivity contribution in [3.63, 3.8) is 0 Å². The van der Waals surface area contributed by atoms with Crippen LogP contribution in [-0.2, 0) is 6.54 Å². The molecule has 7 heteroatoms. The van der Waals surface area contributed by atoms with Crippen LogP contribution in [0.15, 0.2) is 24.5 Å². The number of aryl methyl sites for hydroxylation is 1. The molecule has 0 saturated heterocycles. The van der Waals surface area contributed by atoms with E-state index in [1.807, 2.05) is 10.8 Å². The fraction of sp³-hybridized carbons (Fsp3) is 0.381. The summed E-state index contributed by atoms with van der Waals surface area (Å²) in [6.45, 7) is 2.27. The highest BCUT2D eigenvalue weighted by Gasteiger charge is 2.38. The second kappa shape index (κ2) is 7.25. The molecule has 1 unspecified atom stereocenters. The van der Waals surface area contributed by atoms with Crippen molar-refractivity contribution in [3.05, 3.63) is 41.1 Å².